The molecule has 0 heterocycles. The van der Waals surface area contributed by atoms with Crippen LogP contribution in [0.3, 0.4) is 0 Å². The summed E-state index contributed by atoms with van der Waals surface area (Å²) in [4.78, 5) is 15.8. The van der Waals surface area contributed by atoms with E-state index in [1.54, 1.807) is 20.8 Å². The molecule has 3 atom stereocenters. The average molecular weight is 494 g/mol. The zero-order valence-electron chi connectivity index (χ0n) is 20.9. The first kappa shape index (κ1) is 28.7. The van der Waals surface area contributed by atoms with Crippen LogP contribution in [0.5, 0.6) is 0 Å². The van der Waals surface area contributed by atoms with E-state index in [1.807, 2.05) is 0 Å². The van der Waals surface area contributed by atoms with Gasteiger partial charge >= 0.3 is 6.09 Å². The van der Waals surface area contributed by atoms with Crippen molar-refractivity contribution in [2.45, 2.75) is 90.3 Å². The van der Waals surface area contributed by atoms with Gasteiger partial charge in [-0.25, -0.2) is 4.79 Å². The summed E-state index contributed by atoms with van der Waals surface area (Å²) in [5.74, 6) is 0.137. The van der Waals surface area contributed by atoms with Crippen LogP contribution in [0, 0.1) is 17.4 Å². The summed E-state index contributed by atoms with van der Waals surface area (Å²) in [5.41, 5.74) is 6.37. The summed E-state index contributed by atoms with van der Waals surface area (Å²) in [6.45, 7) is 15.7. The topological polar surface area (TPSA) is 141 Å². The number of rotatable bonds is 11. The number of hydrogen-bond donors (Lipinski definition) is 2. The van der Waals surface area contributed by atoms with E-state index in [1.165, 1.54) is 0 Å². The molecule has 10 nitrogen and oxygen atoms in total. The second-order valence-corrected chi connectivity index (χ2v) is 17.4. The maximum absolute atomic E-state index is 12.6. The molecular weight excluding hydrogens is 452 g/mol. The lowest BCUT2D eigenvalue weighted by Gasteiger charge is -2.43. The van der Waals surface area contributed by atoms with Gasteiger partial charge in [0.25, 0.3) is 10.1 Å². The fourth-order valence-electron chi connectivity index (χ4n) is 3.04. The minimum atomic E-state index is -3.75. The molecule has 0 unspecified atom stereocenters. The van der Waals surface area contributed by atoms with E-state index in [-0.39, 0.29) is 30.0 Å². The molecule has 32 heavy (non-hydrogen) atoms. The Morgan fingerprint density at radius 1 is 1.22 bits per heavy atom. The number of nitrogens with one attached hydrogen (secondary N) is 2. The Kier molecular flexibility index (Phi) is 9.62. The van der Waals surface area contributed by atoms with Crippen molar-refractivity contribution in [2.75, 3.05) is 19.4 Å². The van der Waals surface area contributed by atoms with Crippen LogP contribution in [0.4, 0.5) is 4.79 Å². The molecule has 0 aromatic heterocycles. The van der Waals surface area contributed by atoms with Gasteiger partial charge < -0.3 is 14.5 Å². The van der Waals surface area contributed by atoms with Gasteiger partial charge in [0.05, 0.1) is 25.0 Å². The van der Waals surface area contributed by atoms with Gasteiger partial charge in [-0.15, -0.1) is 0 Å². The highest BCUT2D eigenvalue weighted by molar-refractivity contribution is 7.85. The third kappa shape index (κ3) is 10.1. The third-order valence-electron chi connectivity index (χ3n) is 5.81. The average Bonchev–Trinajstić information content (AvgIpc) is 3.39. The first-order chi connectivity index (χ1) is 14.4. The molecule has 0 radical (unpaired) electrons. The lowest BCUT2D eigenvalue weighted by Crippen LogP contribution is -2.57. The molecule has 1 fully saturated rings. The Hall–Kier alpha value is -1.33. The van der Waals surface area contributed by atoms with Gasteiger partial charge in [-0.1, -0.05) is 20.8 Å². The molecular formula is C20H41N4O6SSi+. The summed E-state index contributed by atoms with van der Waals surface area (Å²) >= 11 is 0. The zero-order chi connectivity index (χ0) is 25.0. The van der Waals surface area contributed by atoms with Crippen LogP contribution in [0.1, 0.15) is 54.4 Å². The van der Waals surface area contributed by atoms with Crippen molar-refractivity contribution in [3.05, 3.63) is 0 Å². The SMILES string of the molecule is CC(C)(C)OC(=O)N[C@H](COS(C)(=O)=O)[C@H](O[Si](C)(C)C(C)(C)C)[C@H](CN=[N+]=N)C1CC1. The molecule has 186 valence electrons. The Morgan fingerprint density at radius 3 is 2.19 bits per heavy atom. The molecule has 0 bridgehead atoms. The first-order valence-electron chi connectivity index (χ1n) is 10.9. The minimum absolute atomic E-state index is 0.121. The predicted octanol–water partition coefficient (Wildman–Crippen LogP) is 3.82. The largest absolute Gasteiger partial charge is 0.444 e. The Morgan fingerprint density at radius 2 is 1.78 bits per heavy atom. The maximum atomic E-state index is 12.6. The molecule has 12 heteroatoms. The Bertz CT molecular complexity index is 796. The smallest absolute Gasteiger partial charge is 0.408 e. The summed E-state index contributed by atoms with van der Waals surface area (Å²) in [6, 6.07) is -0.791. The molecule has 1 aliphatic rings. The zero-order valence-corrected chi connectivity index (χ0v) is 22.7. The van der Waals surface area contributed by atoms with Crippen LogP contribution in [0.15, 0.2) is 5.11 Å². The van der Waals surface area contributed by atoms with E-state index >= 15 is 0 Å². The molecule has 1 aliphatic carbocycles. The van der Waals surface area contributed by atoms with Gasteiger partial charge in [0.15, 0.2) is 8.32 Å². The van der Waals surface area contributed by atoms with Gasteiger partial charge in [0.2, 0.25) is 4.91 Å². The fourth-order valence-corrected chi connectivity index (χ4v) is 4.81. The van der Waals surface area contributed by atoms with Gasteiger partial charge in [0, 0.05) is 5.92 Å². The predicted molar refractivity (Wildman–Crippen MR) is 124 cm³/mol. The van der Waals surface area contributed by atoms with Gasteiger partial charge in [0.1, 0.15) is 22.8 Å². The molecule has 1 saturated carbocycles. The van der Waals surface area contributed by atoms with E-state index < -0.39 is 42.3 Å². The minimum Gasteiger partial charge on any atom is -0.444 e. The number of alkyl carbamates (subject to hydrolysis) is 1. The second-order valence-electron chi connectivity index (χ2n) is 11.0. The number of carbonyl (C=O) groups is 1. The molecule has 0 aliphatic heterocycles. The first-order valence-corrected chi connectivity index (χ1v) is 15.6. The highest BCUT2D eigenvalue weighted by Gasteiger charge is 2.48. The van der Waals surface area contributed by atoms with E-state index in [4.69, 9.17) is 18.9 Å². The highest BCUT2D eigenvalue weighted by Crippen LogP contribution is 2.44. The number of carbonyl (C=O) groups excluding carboxylic acids is 1. The van der Waals surface area contributed by atoms with Crippen molar-refractivity contribution in [3.63, 3.8) is 0 Å². The van der Waals surface area contributed by atoms with E-state index in [0.29, 0.717) is 0 Å². The summed E-state index contributed by atoms with van der Waals surface area (Å²) in [7, 11) is -6.09. The molecule has 1 amide bonds. The maximum Gasteiger partial charge on any atom is 0.408 e. The quantitative estimate of drug-likeness (QED) is 0.194. The number of nitrogens with zero attached hydrogens (tertiary/aromatic N) is 2. The van der Waals surface area contributed by atoms with Gasteiger partial charge in [-0.3, -0.25) is 4.18 Å². The van der Waals surface area contributed by atoms with Crippen LogP contribution in [-0.2, 0) is 23.5 Å². The lowest BCUT2D eigenvalue weighted by molar-refractivity contribution is 0.0251. The third-order valence-corrected chi connectivity index (χ3v) is 10.8. The molecule has 0 aromatic rings. The Labute approximate surface area is 193 Å². The van der Waals surface area contributed by atoms with Crippen LogP contribution >= 0.6 is 0 Å². The van der Waals surface area contributed by atoms with E-state index in [0.717, 1.165) is 19.1 Å². The summed E-state index contributed by atoms with van der Waals surface area (Å²) in [5, 5.41) is 6.57. The molecule has 1 rings (SSSR count). The van der Waals surface area contributed by atoms with Crippen molar-refractivity contribution in [1.82, 2.24) is 10.2 Å². The Balaban J connectivity index is 3.37. The van der Waals surface area contributed by atoms with Crippen molar-refractivity contribution in [2.24, 2.45) is 17.0 Å². The van der Waals surface area contributed by atoms with Gasteiger partial charge in [-0.05, 0) is 57.7 Å². The highest BCUT2D eigenvalue weighted by atomic mass is 32.2. The molecule has 0 saturated heterocycles. The summed E-state index contributed by atoms with van der Waals surface area (Å²) in [6.07, 6.45) is 1.65. The monoisotopic (exact) mass is 493 g/mol. The number of amides is 1. The standard InChI is InChI=1S/C20H40N4O6SSi/c1-19(2,3)29-18(25)23-16(13-28-31(7,26)27)17(30-32(8,9)20(4,5)6)15(12-22-24-21)14-10-11-14/h14-17,21H,10-13H2,1-9H3/p+1/t15-,16-,17-/m1/s1. The van der Waals surface area contributed by atoms with E-state index in [9.17, 15) is 13.2 Å². The van der Waals surface area contributed by atoms with Crippen molar-refractivity contribution >= 4 is 24.5 Å². The van der Waals surface area contributed by atoms with Crippen LogP contribution < -0.4 is 10.2 Å². The molecule has 0 spiro atoms. The normalized spacial score (nSPS) is 18.3. The van der Waals surface area contributed by atoms with Crippen molar-refractivity contribution in [3.8, 4) is 0 Å². The number of ether oxygens (including phenoxy) is 1. The van der Waals surface area contributed by atoms with E-state index in [2.05, 4.69) is 49.2 Å². The molecule has 2 N–H and O–H groups in total. The number of hydrogen-bond acceptors (Lipinski definition) is 8. The second kappa shape index (κ2) is 10.7. The summed E-state index contributed by atoms with van der Waals surface area (Å²) < 4.78 is 40.8. The fraction of sp³-hybridized carbons (Fsp3) is 0.950. The molecule has 0 aromatic carbocycles. The van der Waals surface area contributed by atoms with Crippen molar-refractivity contribution in [1.29, 1.82) is 5.53 Å². The lowest BCUT2D eigenvalue weighted by atomic mass is 9.92. The van der Waals surface area contributed by atoms with Crippen LogP contribution in [0.25, 0.3) is 0 Å². The van der Waals surface area contributed by atoms with Crippen LogP contribution in [-0.4, -0.2) is 60.0 Å². The van der Waals surface area contributed by atoms with Crippen LogP contribution in [0.2, 0.25) is 18.1 Å². The van der Waals surface area contributed by atoms with Gasteiger partial charge in [-0.2, -0.15) is 8.42 Å². The van der Waals surface area contributed by atoms with Crippen molar-refractivity contribution < 1.29 is 26.6 Å².